The molecule has 37 heavy (non-hydrogen) atoms. The summed E-state index contributed by atoms with van der Waals surface area (Å²) in [6.07, 6.45) is 1.31. The highest BCUT2D eigenvalue weighted by molar-refractivity contribution is 5.89. The van der Waals surface area contributed by atoms with Gasteiger partial charge in [-0.05, 0) is 30.2 Å². The summed E-state index contributed by atoms with van der Waals surface area (Å²) in [5.74, 6) is -2.35. The Morgan fingerprint density at radius 1 is 1.24 bits per heavy atom. The summed E-state index contributed by atoms with van der Waals surface area (Å²) in [7, 11) is 1.51. The van der Waals surface area contributed by atoms with Crippen molar-refractivity contribution in [1.29, 1.82) is 0 Å². The number of benzene rings is 1. The minimum absolute atomic E-state index is 0.266. The van der Waals surface area contributed by atoms with Crippen molar-refractivity contribution in [3.05, 3.63) is 30.5 Å². The maximum absolute atomic E-state index is 15.0. The standard InChI is InChI=1S/C24H27F3N8O2/c1-24(26,27)13-35-20-9-14(3-4-19(20)30-32-35)16-5-8-34-21(16)22(36-2)29-23(31-34)28-18-6-7-33(10-17(18)25)15-11-37-12-15/h3-5,8-9,15,17-18H,6-7,10-13H2,1-2H3,(H,28,31)/t17-,18-/m1/s1. The summed E-state index contributed by atoms with van der Waals surface area (Å²) in [4.78, 5) is 6.65. The second-order valence-corrected chi connectivity index (χ2v) is 9.73. The number of hydrogen-bond donors (Lipinski definition) is 1. The molecule has 10 nitrogen and oxygen atoms in total. The van der Waals surface area contributed by atoms with Gasteiger partial charge in [0.2, 0.25) is 11.8 Å². The predicted octanol–water partition coefficient (Wildman–Crippen LogP) is 3.03. The summed E-state index contributed by atoms with van der Waals surface area (Å²) in [6, 6.07) is 7.06. The van der Waals surface area contributed by atoms with Crippen LogP contribution in [0, 0.1) is 0 Å². The number of piperidine rings is 1. The third kappa shape index (κ3) is 4.57. The molecule has 3 aromatic heterocycles. The molecule has 0 spiro atoms. The molecule has 1 aromatic carbocycles. The lowest BCUT2D eigenvalue weighted by Crippen LogP contribution is -2.57. The molecule has 4 aromatic rings. The molecule has 0 amide bonds. The lowest BCUT2D eigenvalue weighted by atomic mass is 10.0. The van der Waals surface area contributed by atoms with Crippen molar-refractivity contribution < 1.29 is 22.6 Å². The van der Waals surface area contributed by atoms with Crippen LogP contribution in [0.25, 0.3) is 27.7 Å². The van der Waals surface area contributed by atoms with E-state index < -0.39 is 24.7 Å². The van der Waals surface area contributed by atoms with E-state index in [1.807, 2.05) is 12.1 Å². The second kappa shape index (κ2) is 9.14. The van der Waals surface area contributed by atoms with Gasteiger partial charge in [0.15, 0.2) is 0 Å². The minimum atomic E-state index is -2.93. The summed E-state index contributed by atoms with van der Waals surface area (Å²) in [5.41, 5.74) is 3.11. The van der Waals surface area contributed by atoms with E-state index in [-0.39, 0.29) is 5.95 Å². The molecule has 0 bridgehead atoms. The number of anilines is 1. The van der Waals surface area contributed by atoms with Gasteiger partial charge in [-0.15, -0.1) is 10.2 Å². The molecule has 6 rings (SSSR count). The smallest absolute Gasteiger partial charge is 0.264 e. The Kier molecular flexibility index (Phi) is 5.91. The first kappa shape index (κ1) is 23.9. The Balaban J connectivity index is 1.28. The largest absolute Gasteiger partial charge is 0.479 e. The van der Waals surface area contributed by atoms with Gasteiger partial charge < -0.3 is 14.8 Å². The number of aromatic nitrogens is 6. The molecule has 2 aliphatic rings. The van der Waals surface area contributed by atoms with E-state index in [0.29, 0.717) is 54.7 Å². The Labute approximate surface area is 210 Å². The Morgan fingerprint density at radius 3 is 2.78 bits per heavy atom. The Hall–Kier alpha value is -3.45. The van der Waals surface area contributed by atoms with Crippen molar-refractivity contribution in [2.75, 3.05) is 38.7 Å². The number of ether oxygens (including phenoxy) is 2. The van der Waals surface area contributed by atoms with Crippen LogP contribution in [0.4, 0.5) is 19.1 Å². The van der Waals surface area contributed by atoms with Crippen LogP contribution in [0.2, 0.25) is 0 Å². The third-order valence-electron chi connectivity index (χ3n) is 6.95. The van der Waals surface area contributed by atoms with Gasteiger partial charge in [0, 0.05) is 31.8 Å². The molecular formula is C24H27F3N8O2. The van der Waals surface area contributed by atoms with E-state index in [2.05, 4.69) is 30.6 Å². The summed E-state index contributed by atoms with van der Waals surface area (Å²) in [5, 5.41) is 15.6. The molecule has 2 aliphatic heterocycles. The van der Waals surface area contributed by atoms with Crippen LogP contribution < -0.4 is 10.1 Å². The van der Waals surface area contributed by atoms with Gasteiger partial charge >= 0.3 is 0 Å². The van der Waals surface area contributed by atoms with E-state index in [0.717, 1.165) is 24.6 Å². The summed E-state index contributed by atoms with van der Waals surface area (Å²) < 4.78 is 55.9. The molecule has 0 radical (unpaired) electrons. The average Bonchev–Trinajstić information content (AvgIpc) is 3.42. The molecule has 1 N–H and O–H groups in total. The van der Waals surface area contributed by atoms with Gasteiger partial charge in [0.25, 0.3) is 5.92 Å². The SMILES string of the molecule is COc1nc(N[C@@H]2CCN(C3COC3)C[C@H]2F)nn2ccc(-c3ccc4nnn(CC(C)(F)F)c4c3)c12. The lowest BCUT2D eigenvalue weighted by Gasteiger charge is -2.42. The molecule has 2 atom stereocenters. The zero-order chi connectivity index (χ0) is 25.7. The number of nitrogens with zero attached hydrogens (tertiary/aromatic N) is 7. The number of likely N-dealkylation sites (tertiary alicyclic amines) is 1. The topological polar surface area (TPSA) is 94.6 Å². The van der Waals surface area contributed by atoms with Gasteiger partial charge in [-0.25, -0.2) is 22.4 Å². The van der Waals surface area contributed by atoms with Crippen LogP contribution in [0.1, 0.15) is 13.3 Å². The highest BCUT2D eigenvalue weighted by Crippen LogP contribution is 2.33. The quantitative estimate of drug-likeness (QED) is 0.401. The van der Waals surface area contributed by atoms with Gasteiger partial charge in [-0.3, -0.25) is 4.90 Å². The number of methoxy groups -OCH3 is 1. The van der Waals surface area contributed by atoms with Gasteiger partial charge in [-0.2, -0.15) is 4.98 Å². The number of fused-ring (bicyclic) bond motifs is 2. The molecule has 0 saturated carbocycles. The summed E-state index contributed by atoms with van der Waals surface area (Å²) in [6.45, 7) is 2.71. The van der Waals surface area contributed by atoms with Gasteiger partial charge in [0.05, 0.1) is 37.9 Å². The van der Waals surface area contributed by atoms with E-state index in [1.165, 1.54) is 11.8 Å². The molecule has 0 aliphatic carbocycles. The summed E-state index contributed by atoms with van der Waals surface area (Å²) >= 11 is 0. The molecule has 2 fully saturated rings. The molecule has 2 saturated heterocycles. The maximum Gasteiger partial charge on any atom is 0.264 e. The molecule has 0 unspecified atom stereocenters. The van der Waals surface area contributed by atoms with Crippen molar-refractivity contribution in [3.63, 3.8) is 0 Å². The van der Waals surface area contributed by atoms with Crippen molar-refractivity contribution in [1.82, 2.24) is 34.5 Å². The zero-order valence-corrected chi connectivity index (χ0v) is 20.4. The first-order valence-electron chi connectivity index (χ1n) is 12.2. The number of alkyl halides is 3. The van der Waals surface area contributed by atoms with Crippen LogP contribution in [0.15, 0.2) is 30.5 Å². The molecule has 196 valence electrons. The fourth-order valence-electron chi connectivity index (χ4n) is 4.96. The van der Waals surface area contributed by atoms with Crippen LogP contribution in [-0.2, 0) is 11.3 Å². The molecule has 13 heteroatoms. The maximum atomic E-state index is 15.0. The first-order chi connectivity index (χ1) is 17.8. The first-order valence-corrected chi connectivity index (χ1v) is 12.2. The fraction of sp³-hybridized carbons (Fsp3) is 0.500. The van der Waals surface area contributed by atoms with Crippen molar-refractivity contribution in [2.45, 2.75) is 44.1 Å². The number of nitrogens with one attached hydrogen (secondary N) is 1. The zero-order valence-electron chi connectivity index (χ0n) is 20.4. The third-order valence-corrected chi connectivity index (χ3v) is 6.95. The van der Waals surface area contributed by atoms with Crippen molar-refractivity contribution in [3.8, 4) is 17.0 Å². The van der Waals surface area contributed by atoms with Crippen LogP contribution in [-0.4, -0.2) is 92.1 Å². The highest BCUT2D eigenvalue weighted by atomic mass is 19.3. The Bertz CT molecular complexity index is 1430. The lowest BCUT2D eigenvalue weighted by molar-refractivity contribution is -0.0794. The van der Waals surface area contributed by atoms with E-state index in [1.54, 1.807) is 22.8 Å². The van der Waals surface area contributed by atoms with Crippen LogP contribution >= 0.6 is 0 Å². The fourth-order valence-corrected chi connectivity index (χ4v) is 4.96. The number of rotatable bonds is 7. The van der Waals surface area contributed by atoms with E-state index in [9.17, 15) is 13.2 Å². The van der Waals surface area contributed by atoms with Gasteiger partial charge in [-0.1, -0.05) is 11.3 Å². The van der Waals surface area contributed by atoms with Crippen LogP contribution in [0.3, 0.4) is 0 Å². The van der Waals surface area contributed by atoms with Crippen LogP contribution in [0.5, 0.6) is 5.88 Å². The molecular weight excluding hydrogens is 489 g/mol. The van der Waals surface area contributed by atoms with Crippen molar-refractivity contribution >= 4 is 22.5 Å². The monoisotopic (exact) mass is 516 g/mol. The van der Waals surface area contributed by atoms with E-state index >= 15 is 0 Å². The second-order valence-electron chi connectivity index (χ2n) is 9.73. The number of halogens is 3. The normalized spacial score (nSPS) is 21.4. The number of hydrogen-bond acceptors (Lipinski definition) is 8. The Morgan fingerprint density at radius 2 is 2.08 bits per heavy atom. The van der Waals surface area contributed by atoms with E-state index in [4.69, 9.17) is 9.47 Å². The average molecular weight is 517 g/mol. The highest BCUT2D eigenvalue weighted by Gasteiger charge is 2.35. The van der Waals surface area contributed by atoms with Crippen molar-refractivity contribution in [2.24, 2.45) is 0 Å². The predicted molar refractivity (Wildman–Crippen MR) is 130 cm³/mol. The molecule has 5 heterocycles. The minimum Gasteiger partial charge on any atom is -0.479 e. The van der Waals surface area contributed by atoms with Gasteiger partial charge in [0.1, 0.15) is 23.7 Å².